The van der Waals surface area contributed by atoms with E-state index >= 15 is 0 Å². The van der Waals surface area contributed by atoms with Crippen LogP contribution in [0.1, 0.15) is 30.0 Å². The molecule has 0 radical (unpaired) electrons. The molecule has 0 aliphatic heterocycles. The third-order valence-corrected chi connectivity index (χ3v) is 4.51. The number of rotatable bonds is 7. The Labute approximate surface area is 189 Å². The highest BCUT2D eigenvalue weighted by atomic mass is 16.5. The van der Waals surface area contributed by atoms with Crippen LogP contribution in [0.25, 0.3) is 23.2 Å². The van der Waals surface area contributed by atoms with E-state index in [-0.39, 0.29) is 11.8 Å². The molecule has 1 amide bonds. The molecular formula is C24H21N5O4. The van der Waals surface area contributed by atoms with Gasteiger partial charge in [0.1, 0.15) is 11.5 Å². The molecule has 0 aliphatic rings. The van der Waals surface area contributed by atoms with E-state index < -0.39 is 11.9 Å². The number of amides is 1. The maximum atomic E-state index is 13.3. The average Bonchev–Trinajstić information content (AvgIpc) is 3.50. The van der Waals surface area contributed by atoms with E-state index in [1.54, 1.807) is 56.3 Å². The van der Waals surface area contributed by atoms with Gasteiger partial charge in [0.15, 0.2) is 5.82 Å². The van der Waals surface area contributed by atoms with Crippen molar-refractivity contribution in [1.82, 2.24) is 20.2 Å². The minimum absolute atomic E-state index is 0.150. The molecule has 9 heteroatoms. The summed E-state index contributed by atoms with van der Waals surface area (Å²) < 4.78 is 11.9. The Morgan fingerprint density at radius 1 is 1.03 bits per heavy atom. The van der Waals surface area contributed by atoms with Crippen LogP contribution in [0.2, 0.25) is 0 Å². The van der Waals surface area contributed by atoms with Gasteiger partial charge in [-0.2, -0.15) is 4.68 Å². The Hall–Kier alpha value is -4.53. The zero-order chi connectivity index (χ0) is 23.2. The highest BCUT2D eigenvalue weighted by Gasteiger charge is 2.20. The fourth-order valence-electron chi connectivity index (χ4n) is 3.01. The molecule has 0 saturated heterocycles. The van der Waals surface area contributed by atoms with Crippen LogP contribution in [0.4, 0.5) is 5.69 Å². The Morgan fingerprint density at radius 3 is 2.45 bits per heavy atom. The van der Waals surface area contributed by atoms with Gasteiger partial charge in [-0.05, 0) is 60.7 Å². The van der Waals surface area contributed by atoms with Crippen molar-refractivity contribution in [3.63, 3.8) is 0 Å². The molecule has 0 aliphatic carbocycles. The molecular weight excluding hydrogens is 422 g/mol. The van der Waals surface area contributed by atoms with Crippen LogP contribution < -0.4 is 5.32 Å². The summed E-state index contributed by atoms with van der Waals surface area (Å²) in [6, 6.07) is 19.1. The molecule has 2 heterocycles. The van der Waals surface area contributed by atoms with E-state index in [1.165, 1.54) is 10.9 Å². The molecule has 0 unspecified atom stereocenters. The van der Waals surface area contributed by atoms with Crippen molar-refractivity contribution in [2.45, 2.75) is 20.0 Å². The number of hydrogen-bond acceptors (Lipinski definition) is 7. The summed E-state index contributed by atoms with van der Waals surface area (Å²) in [6.45, 7) is 3.56. The standard InChI is InChI=1S/C24H21N5O4/c1-16(2)33-24(31)18-10-12-19(13-11-18)25-23(30)21(15-20-9-6-14-32-20)29-22(26-27-28-29)17-7-4-3-5-8-17/h3-16H,1-2H3,(H,25,30)/b21-15+. The van der Waals surface area contributed by atoms with Crippen molar-refractivity contribution in [2.24, 2.45) is 0 Å². The molecule has 0 atom stereocenters. The first-order valence-electron chi connectivity index (χ1n) is 10.2. The number of aromatic nitrogens is 4. The van der Waals surface area contributed by atoms with Crippen LogP contribution in [-0.4, -0.2) is 38.2 Å². The van der Waals surface area contributed by atoms with E-state index in [0.29, 0.717) is 22.8 Å². The van der Waals surface area contributed by atoms with E-state index in [0.717, 1.165) is 5.56 Å². The van der Waals surface area contributed by atoms with Crippen molar-refractivity contribution in [2.75, 3.05) is 5.32 Å². The van der Waals surface area contributed by atoms with Gasteiger partial charge in [0.05, 0.1) is 17.9 Å². The summed E-state index contributed by atoms with van der Waals surface area (Å²) in [4.78, 5) is 25.3. The molecule has 0 fully saturated rings. The number of ether oxygens (including phenoxy) is 1. The predicted molar refractivity (Wildman–Crippen MR) is 122 cm³/mol. The van der Waals surface area contributed by atoms with Crippen molar-refractivity contribution in [3.8, 4) is 11.4 Å². The molecule has 4 rings (SSSR count). The molecule has 33 heavy (non-hydrogen) atoms. The lowest BCUT2D eigenvalue weighted by atomic mass is 10.2. The number of carbonyl (C=O) groups is 2. The van der Waals surface area contributed by atoms with E-state index in [9.17, 15) is 9.59 Å². The molecule has 166 valence electrons. The minimum Gasteiger partial charge on any atom is -0.465 e. The lowest BCUT2D eigenvalue weighted by Crippen LogP contribution is -2.19. The summed E-state index contributed by atoms with van der Waals surface area (Å²) in [5.74, 6) is -0.0346. The van der Waals surface area contributed by atoms with E-state index in [2.05, 4.69) is 20.8 Å². The van der Waals surface area contributed by atoms with Gasteiger partial charge in [0.25, 0.3) is 5.91 Å². The zero-order valence-electron chi connectivity index (χ0n) is 18.0. The fourth-order valence-corrected chi connectivity index (χ4v) is 3.01. The fraction of sp³-hybridized carbons (Fsp3) is 0.125. The molecule has 0 saturated carbocycles. The summed E-state index contributed by atoms with van der Waals surface area (Å²) in [6.07, 6.45) is 2.84. The second-order valence-corrected chi connectivity index (χ2v) is 7.31. The monoisotopic (exact) mass is 443 g/mol. The lowest BCUT2D eigenvalue weighted by Gasteiger charge is -2.11. The molecule has 0 bridgehead atoms. The van der Waals surface area contributed by atoms with Crippen molar-refractivity contribution in [3.05, 3.63) is 84.3 Å². The molecule has 0 spiro atoms. The number of benzene rings is 2. The number of anilines is 1. The summed E-state index contributed by atoms with van der Waals surface area (Å²) in [7, 11) is 0. The maximum Gasteiger partial charge on any atom is 0.338 e. The van der Waals surface area contributed by atoms with Gasteiger partial charge in [-0.15, -0.1) is 5.10 Å². The molecule has 9 nitrogen and oxygen atoms in total. The smallest absolute Gasteiger partial charge is 0.338 e. The largest absolute Gasteiger partial charge is 0.465 e. The highest BCUT2D eigenvalue weighted by molar-refractivity contribution is 6.24. The first kappa shape index (κ1) is 21.7. The van der Waals surface area contributed by atoms with E-state index in [1.807, 2.05) is 30.3 Å². The SMILES string of the molecule is CC(C)OC(=O)c1ccc(NC(=O)/C(=C\c2ccco2)n2nnnc2-c2ccccc2)cc1. The molecule has 2 aromatic heterocycles. The average molecular weight is 443 g/mol. The topological polar surface area (TPSA) is 112 Å². The van der Waals surface area contributed by atoms with Gasteiger partial charge in [-0.25, -0.2) is 4.79 Å². The maximum absolute atomic E-state index is 13.3. The normalized spacial score (nSPS) is 11.4. The molecule has 2 aromatic carbocycles. The predicted octanol–water partition coefficient (Wildman–Crippen LogP) is 4.14. The number of furan rings is 1. The van der Waals surface area contributed by atoms with E-state index in [4.69, 9.17) is 9.15 Å². The van der Waals surface area contributed by atoms with Crippen LogP contribution in [0.15, 0.2) is 77.4 Å². The Balaban J connectivity index is 1.63. The summed E-state index contributed by atoms with van der Waals surface area (Å²) >= 11 is 0. The number of esters is 1. The van der Waals surface area contributed by atoms with Gasteiger partial charge in [-0.1, -0.05) is 30.3 Å². The summed E-state index contributed by atoms with van der Waals surface area (Å²) in [5.41, 5.74) is 1.77. The number of nitrogens with zero attached hydrogens (tertiary/aromatic N) is 4. The van der Waals surface area contributed by atoms with Gasteiger partial charge in [-0.3, -0.25) is 4.79 Å². The Morgan fingerprint density at radius 2 is 1.79 bits per heavy atom. The molecule has 4 aromatic rings. The van der Waals surface area contributed by atoms with Crippen LogP contribution in [0.3, 0.4) is 0 Å². The molecule has 1 N–H and O–H groups in total. The number of hydrogen-bond donors (Lipinski definition) is 1. The number of carbonyl (C=O) groups excluding carboxylic acids is 2. The van der Waals surface area contributed by atoms with Crippen LogP contribution in [0, 0.1) is 0 Å². The van der Waals surface area contributed by atoms with Gasteiger partial charge in [0.2, 0.25) is 0 Å². The van der Waals surface area contributed by atoms with Gasteiger partial charge < -0.3 is 14.5 Å². The second kappa shape index (κ2) is 9.73. The summed E-state index contributed by atoms with van der Waals surface area (Å²) in [5, 5.41) is 14.7. The van der Waals surface area contributed by atoms with Crippen molar-refractivity contribution >= 4 is 29.3 Å². The first-order chi connectivity index (χ1) is 16.0. The quantitative estimate of drug-likeness (QED) is 0.337. The lowest BCUT2D eigenvalue weighted by molar-refractivity contribution is -0.111. The number of tetrazole rings is 1. The zero-order valence-corrected chi connectivity index (χ0v) is 18.0. The van der Waals surface area contributed by atoms with Crippen LogP contribution in [0.5, 0.6) is 0 Å². The number of nitrogens with one attached hydrogen (secondary N) is 1. The van der Waals surface area contributed by atoms with Crippen LogP contribution in [-0.2, 0) is 9.53 Å². The third kappa shape index (κ3) is 5.21. The first-order valence-corrected chi connectivity index (χ1v) is 10.2. The van der Waals surface area contributed by atoms with Gasteiger partial charge >= 0.3 is 5.97 Å². The highest BCUT2D eigenvalue weighted by Crippen LogP contribution is 2.22. The Bertz CT molecular complexity index is 1260. The third-order valence-electron chi connectivity index (χ3n) is 4.51. The van der Waals surface area contributed by atoms with Crippen molar-refractivity contribution in [1.29, 1.82) is 0 Å². The Kier molecular flexibility index (Phi) is 6.40. The minimum atomic E-state index is -0.464. The van der Waals surface area contributed by atoms with Crippen LogP contribution >= 0.6 is 0 Å². The second-order valence-electron chi connectivity index (χ2n) is 7.31. The van der Waals surface area contributed by atoms with Gasteiger partial charge in [0, 0.05) is 17.3 Å². The van der Waals surface area contributed by atoms with Crippen molar-refractivity contribution < 1.29 is 18.7 Å².